The third-order valence-electron chi connectivity index (χ3n) is 5.45. The molecular weight excluding hydrogens is 397 g/mol. The van der Waals surface area contributed by atoms with Gasteiger partial charge in [-0.2, -0.15) is 5.26 Å². The van der Waals surface area contributed by atoms with E-state index >= 15 is 0 Å². The summed E-state index contributed by atoms with van der Waals surface area (Å²) >= 11 is 0. The van der Waals surface area contributed by atoms with Gasteiger partial charge >= 0.3 is 0 Å². The molecule has 7 heteroatoms. The number of likely N-dealkylation sites (N-methyl/N-ethyl adjacent to an activating group) is 1. The highest BCUT2D eigenvalue weighted by Gasteiger charge is 2.21. The van der Waals surface area contributed by atoms with Crippen molar-refractivity contribution in [2.45, 2.75) is 6.92 Å². The number of methoxy groups -OCH3 is 1. The smallest absolute Gasteiger partial charge is 0.185 e. The zero-order chi connectivity index (χ0) is 22.2. The number of nitrogens with one attached hydrogen (secondary N) is 1. The largest absolute Gasteiger partial charge is 0.493 e. The number of allylic oxidation sites excluding steroid dienone is 1. The number of nitriles is 1. The molecular formula is C24H27FN3O3+. The molecule has 0 unspecified atom stereocenters. The van der Waals surface area contributed by atoms with Gasteiger partial charge < -0.3 is 19.3 Å². The maximum atomic E-state index is 14.7. The molecule has 1 aliphatic rings. The molecule has 3 rings (SSSR count). The van der Waals surface area contributed by atoms with Gasteiger partial charge in [0.15, 0.2) is 23.9 Å². The minimum absolute atomic E-state index is 0.0823. The molecule has 1 saturated heterocycles. The van der Waals surface area contributed by atoms with Gasteiger partial charge in [-0.1, -0.05) is 12.1 Å². The van der Waals surface area contributed by atoms with E-state index in [1.165, 1.54) is 24.2 Å². The van der Waals surface area contributed by atoms with Crippen LogP contribution in [-0.4, -0.2) is 52.2 Å². The van der Waals surface area contributed by atoms with E-state index in [-0.39, 0.29) is 18.2 Å². The Kier molecular flexibility index (Phi) is 7.63. The molecule has 162 valence electrons. The molecule has 0 aromatic heterocycles. The van der Waals surface area contributed by atoms with Gasteiger partial charge in [0.05, 0.1) is 45.5 Å². The van der Waals surface area contributed by atoms with Gasteiger partial charge in [0.25, 0.3) is 0 Å². The normalized spacial score (nSPS) is 14.5. The fourth-order valence-corrected chi connectivity index (χ4v) is 3.62. The van der Waals surface area contributed by atoms with Crippen molar-refractivity contribution in [1.29, 1.82) is 5.26 Å². The summed E-state index contributed by atoms with van der Waals surface area (Å²) in [6.07, 6.45) is 3.04. The summed E-state index contributed by atoms with van der Waals surface area (Å²) in [5.74, 6) is 0.256. The number of benzene rings is 2. The van der Waals surface area contributed by atoms with Gasteiger partial charge in [-0.25, -0.2) is 4.39 Å². The molecule has 6 nitrogen and oxygen atoms in total. The van der Waals surface area contributed by atoms with Gasteiger partial charge in [0, 0.05) is 5.56 Å². The summed E-state index contributed by atoms with van der Waals surface area (Å²) in [6, 6.07) is 11.7. The van der Waals surface area contributed by atoms with E-state index < -0.39 is 0 Å². The number of hydrogen-bond acceptors (Lipinski definition) is 5. The number of rotatable bonds is 8. The number of ether oxygens (including phenoxy) is 2. The van der Waals surface area contributed by atoms with Gasteiger partial charge in [-0.15, -0.1) is 0 Å². The van der Waals surface area contributed by atoms with E-state index in [4.69, 9.17) is 14.7 Å². The number of halogens is 1. The Morgan fingerprint density at radius 2 is 2.00 bits per heavy atom. The summed E-state index contributed by atoms with van der Waals surface area (Å²) in [5, 5.41) is 8.64. The monoisotopic (exact) mass is 424 g/mol. The Bertz CT molecular complexity index is 992. The average molecular weight is 424 g/mol. The Balaban J connectivity index is 1.68. The number of ketones is 1. The zero-order valence-corrected chi connectivity index (χ0v) is 17.9. The van der Waals surface area contributed by atoms with Crippen LogP contribution in [0.2, 0.25) is 0 Å². The summed E-state index contributed by atoms with van der Waals surface area (Å²) < 4.78 is 25.3. The number of quaternary nitrogens is 1. The van der Waals surface area contributed by atoms with Gasteiger partial charge in [-0.3, -0.25) is 4.79 Å². The van der Waals surface area contributed by atoms with Gasteiger partial charge in [0.2, 0.25) is 0 Å². The number of piperazine rings is 1. The van der Waals surface area contributed by atoms with Crippen LogP contribution in [0.1, 0.15) is 22.8 Å². The quantitative estimate of drug-likeness (QED) is 0.521. The Morgan fingerprint density at radius 1 is 1.23 bits per heavy atom. The van der Waals surface area contributed by atoms with Crippen LogP contribution in [0.25, 0.3) is 6.08 Å². The molecule has 0 saturated carbocycles. The van der Waals surface area contributed by atoms with Crippen LogP contribution in [0.4, 0.5) is 10.1 Å². The Morgan fingerprint density at radius 3 is 2.65 bits per heavy atom. The van der Waals surface area contributed by atoms with Crippen molar-refractivity contribution in [3.8, 4) is 17.6 Å². The summed E-state index contributed by atoms with van der Waals surface area (Å²) in [7, 11) is 1.50. The highest BCUT2D eigenvalue weighted by atomic mass is 19.1. The van der Waals surface area contributed by atoms with Gasteiger partial charge in [-0.05, 0) is 48.9 Å². The second kappa shape index (κ2) is 10.6. The fourth-order valence-electron chi connectivity index (χ4n) is 3.62. The van der Waals surface area contributed by atoms with E-state index in [0.717, 1.165) is 38.3 Å². The van der Waals surface area contributed by atoms with Crippen molar-refractivity contribution in [2.75, 3.05) is 51.3 Å². The standard InChI is InChI=1S/C24H26FN3O3/c1-3-27-11-13-28(14-12-27)21-7-6-19(17-20(21)25)22(29)8-4-18-5-9-23(31-15-10-26)24(16-18)30-2/h4-9,16-17H,3,11-15H2,1-2H3/p+1/b8-4+. The lowest BCUT2D eigenvalue weighted by Crippen LogP contribution is -3.14. The third kappa shape index (κ3) is 5.62. The maximum absolute atomic E-state index is 14.7. The topological polar surface area (TPSA) is 67.0 Å². The van der Waals surface area contributed by atoms with Crippen LogP contribution >= 0.6 is 0 Å². The first-order chi connectivity index (χ1) is 15.0. The summed E-state index contributed by atoms with van der Waals surface area (Å²) in [5.41, 5.74) is 1.58. The Hall–Kier alpha value is -3.37. The first kappa shape index (κ1) is 22.3. The first-order valence-electron chi connectivity index (χ1n) is 10.3. The predicted octanol–water partition coefficient (Wildman–Crippen LogP) is 2.36. The molecule has 0 aliphatic carbocycles. The molecule has 2 aromatic carbocycles. The first-order valence-corrected chi connectivity index (χ1v) is 10.3. The van der Waals surface area contributed by atoms with E-state index in [2.05, 4.69) is 6.92 Å². The van der Waals surface area contributed by atoms with E-state index in [1.807, 2.05) is 11.0 Å². The number of anilines is 1. The molecule has 0 amide bonds. The SMILES string of the molecule is CC[NH+]1CCN(c2ccc(C(=O)/C=C/c3ccc(OCC#N)c(OC)c3)cc2F)CC1. The van der Waals surface area contributed by atoms with E-state index in [9.17, 15) is 9.18 Å². The molecule has 1 aliphatic heterocycles. The number of carbonyl (C=O) groups is 1. The van der Waals surface area contributed by atoms with Crippen LogP contribution in [-0.2, 0) is 0 Å². The Labute approximate surface area is 182 Å². The molecule has 1 fully saturated rings. The second-order valence-corrected chi connectivity index (χ2v) is 7.31. The van der Waals surface area contributed by atoms with Crippen molar-refractivity contribution in [2.24, 2.45) is 0 Å². The lowest BCUT2D eigenvalue weighted by atomic mass is 10.1. The van der Waals surface area contributed by atoms with Crippen LogP contribution in [0.3, 0.4) is 0 Å². The molecule has 0 radical (unpaired) electrons. The van der Waals surface area contributed by atoms with Crippen molar-refractivity contribution >= 4 is 17.5 Å². The predicted molar refractivity (Wildman–Crippen MR) is 117 cm³/mol. The fraction of sp³-hybridized carbons (Fsp3) is 0.333. The lowest BCUT2D eigenvalue weighted by molar-refractivity contribution is -0.898. The summed E-state index contributed by atoms with van der Waals surface area (Å²) in [6.45, 7) is 6.75. The number of carbonyl (C=O) groups excluding carboxylic acids is 1. The third-order valence-corrected chi connectivity index (χ3v) is 5.45. The molecule has 2 aromatic rings. The average Bonchev–Trinajstić information content (AvgIpc) is 2.81. The minimum atomic E-state index is -0.375. The van der Waals surface area contributed by atoms with Crippen LogP contribution in [0.15, 0.2) is 42.5 Å². The van der Waals surface area contributed by atoms with E-state index in [1.54, 1.807) is 36.4 Å². The molecule has 1 N–H and O–H groups in total. The van der Waals surface area contributed by atoms with Crippen LogP contribution in [0, 0.1) is 17.1 Å². The maximum Gasteiger partial charge on any atom is 0.185 e. The van der Waals surface area contributed by atoms with E-state index in [0.29, 0.717) is 22.7 Å². The highest BCUT2D eigenvalue weighted by Crippen LogP contribution is 2.28. The molecule has 0 atom stereocenters. The number of hydrogen-bond donors (Lipinski definition) is 1. The summed E-state index contributed by atoms with van der Waals surface area (Å²) in [4.78, 5) is 16.1. The van der Waals surface area contributed by atoms with Crippen molar-refractivity contribution in [1.82, 2.24) is 0 Å². The van der Waals surface area contributed by atoms with Crippen LogP contribution in [0.5, 0.6) is 11.5 Å². The van der Waals surface area contributed by atoms with Gasteiger partial charge in [0.1, 0.15) is 11.9 Å². The minimum Gasteiger partial charge on any atom is -0.493 e. The van der Waals surface area contributed by atoms with Crippen molar-refractivity contribution in [3.63, 3.8) is 0 Å². The highest BCUT2D eigenvalue weighted by molar-refractivity contribution is 6.07. The second-order valence-electron chi connectivity index (χ2n) is 7.31. The van der Waals surface area contributed by atoms with Crippen molar-refractivity contribution in [3.05, 3.63) is 59.4 Å². The van der Waals surface area contributed by atoms with Crippen LogP contribution < -0.4 is 19.3 Å². The lowest BCUT2D eigenvalue weighted by Gasteiger charge is -2.33. The zero-order valence-electron chi connectivity index (χ0n) is 17.9. The number of nitrogens with zero attached hydrogens (tertiary/aromatic N) is 2. The molecule has 0 bridgehead atoms. The molecule has 31 heavy (non-hydrogen) atoms. The molecule has 0 spiro atoms. The van der Waals surface area contributed by atoms with Crippen molar-refractivity contribution < 1.29 is 23.6 Å². The molecule has 1 heterocycles.